The predicted octanol–water partition coefficient (Wildman–Crippen LogP) is 2.10. The van der Waals surface area contributed by atoms with Gasteiger partial charge in [0.25, 0.3) is 5.91 Å². The van der Waals surface area contributed by atoms with E-state index in [9.17, 15) is 9.59 Å². The monoisotopic (exact) mass is 330 g/mol. The summed E-state index contributed by atoms with van der Waals surface area (Å²) >= 11 is 1.58. The zero-order chi connectivity index (χ0) is 16.0. The summed E-state index contributed by atoms with van der Waals surface area (Å²) in [6.07, 6.45) is 4.19. The number of amides is 2. The molecule has 4 rings (SSSR count). The first kappa shape index (κ1) is 14.4. The molecule has 1 saturated carbocycles. The van der Waals surface area contributed by atoms with Crippen LogP contribution in [0.25, 0.3) is 11.3 Å². The van der Waals surface area contributed by atoms with Gasteiger partial charge in [0.15, 0.2) is 0 Å². The molecular weight excluding hydrogens is 312 g/mol. The molecule has 0 unspecified atom stereocenters. The first-order valence-electron chi connectivity index (χ1n) is 7.78. The summed E-state index contributed by atoms with van der Waals surface area (Å²) in [7, 11) is 0. The molecule has 7 heteroatoms. The zero-order valence-corrected chi connectivity index (χ0v) is 13.7. The minimum Gasteiger partial charge on any atom is -0.357 e. The van der Waals surface area contributed by atoms with Crippen LogP contribution in [0.3, 0.4) is 0 Å². The first-order valence-corrected chi connectivity index (χ1v) is 8.66. The Labute approximate surface area is 138 Å². The van der Waals surface area contributed by atoms with E-state index in [0.717, 1.165) is 22.8 Å². The van der Waals surface area contributed by atoms with Crippen molar-refractivity contribution in [2.75, 3.05) is 19.8 Å². The number of carbonyl (C=O) groups excluding carboxylic acids is 2. The third kappa shape index (κ3) is 2.88. The van der Waals surface area contributed by atoms with E-state index >= 15 is 0 Å². The molecule has 23 heavy (non-hydrogen) atoms. The van der Waals surface area contributed by atoms with E-state index in [1.54, 1.807) is 27.3 Å². The van der Waals surface area contributed by atoms with Gasteiger partial charge < -0.3 is 14.8 Å². The molecule has 0 atom stereocenters. The van der Waals surface area contributed by atoms with Crippen LogP contribution < -0.4 is 0 Å². The summed E-state index contributed by atoms with van der Waals surface area (Å²) < 4.78 is 0. The molecule has 2 fully saturated rings. The fourth-order valence-corrected chi connectivity index (χ4v) is 3.46. The molecule has 1 aliphatic heterocycles. The van der Waals surface area contributed by atoms with Crippen molar-refractivity contribution in [2.24, 2.45) is 5.92 Å². The van der Waals surface area contributed by atoms with Crippen LogP contribution in [-0.2, 0) is 4.79 Å². The van der Waals surface area contributed by atoms with Crippen molar-refractivity contribution >= 4 is 23.2 Å². The Morgan fingerprint density at radius 3 is 3.00 bits per heavy atom. The summed E-state index contributed by atoms with van der Waals surface area (Å²) in [6.45, 7) is 3.32. The van der Waals surface area contributed by atoms with Crippen LogP contribution in [0.1, 0.15) is 28.3 Å². The van der Waals surface area contributed by atoms with Gasteiger partial charge in [-0.3, -0.25) is 9.59 Å². The van der Waals surface area contributed by atoms with Gasteiger partial charge in [0.1, 0.15) is 12.2 Å². The topological polar surface area (TPSA) is 69.3 Å². The van der Waals surface area contributed by atoms with E-state index in [-0.39, 0.29) is 18.4 Å². The normalized spacial score (nSPS) is 18.0. The molecule has 1 saturated heterocycles. The first-order chi connectivity index (χ1) is 11.1. The average Bonchev–Trinajstić information content (AvgIpc) is 2.91. The molecule has 2 aliphatic rings. The highest BCUT2D eigenvalue weighted by Gasteiger charge is 2.35. The lowest BCUT2D eigenvalue weighted by molar-refractivity contribution is -0.126. The molecule has 0 spiro atoms. The van der Waals surface area contributed by atoms with E-state index in [4.69, 9.17) is 0 Å². The Kier molecular flexibility index (Phi) is 3.45. The maximum Gasteiger partial charge on any atom is 0.272 e. The largest absolute Gasteiger partial charge is 0.357 e. The molecule has 1 N–H and O–H groups in total. The quantitative estimate of drug-likeness (QED) is 0.933. The minimum absolute atomic E-state index is 0.0483. The number of nitrogens with one attached hydrogen (secondary N) is 1. The molecule has 1 aliphatic carbocycles. The minimum atomic E-state index is -0.130. The van der Waals surface area contributed by atoms with Crippen LogP contribution in [0.4, 0.5) is 0 Å². The lowest BCUT2D eigenvalue weighted by atomic mass is 10.2. The Morgan fingerprint density at radius 2 is 2.30 bits per heavy atom. The fourth-order valence-electron chi connectivity index (χ4n) is 2.84. The lowest BCUT2D eigenvalue weighted by Crippen LogP contribution is -2.32. The smallest absolute Gasteiger partial charge is 0.272 e. The van der Waals surface area contributed by atoms with Crippen molar-refractivity contribution in [1.29, 1.82) is 0 Å². The number of nitrogens with zero attached hydrogens (tertiary/aromatic N) is 3. The fraction of sp³-hybridized carbons (Fsp3) is 0.438. The van der Waals surface area contributed by atoms with Gasteiger partial charge in [-0.05, 0) is 31.7 Å². The van der Waals surface area contributed by atoms with Crippen molar-refractivity contribution in [3.63, 3.8) is 0 Å². The highest BCUT2D eigenvalue weighted by molar-refractivity contribution is 7.09. The number of thiazole rings is 1. The SMILES string of the molecule is Cc1nc(-c2c[nH]c(C(=O)N3CC(=O)N(CC4CC4)C3)c2)cs1. The predicted molar refractivity (Wildman–Crippen MR) is 87.0 cm³/mol. The molecule has 120 valence electrons. The second kappa shape index (κ2) is 5.49. The van der Waals surface area contributed by atoms with E-state index in [0.29, 0.717) is 18.3 Å². The summed E-state index contributed by atoms with van der Waals surface area (Å²) in [5.41, 5.74) is 2.28. The average molecular weight is 330 g/mol. The number of rotatable bonds is 4. The molecule has 2 aromatic rings. The van der Waals surface area contributed by atoms with Gasteiger partial charge in [0.2, 0.25) is 5.91 Å². The second-order valence-corrected chi connectivity index (χ2v) is 7.32. The molecule has 6 nitrogen and oxygen atoms in total. The Bertz CT molecular complexity index is 762. The molecule has 3 heterocycles. The Morgan fingerprint density at radius 1 is 1.48 bits per heavy atom. The van der Waals surface area contributed by atoms with Crippen molar-refractivity contribution in [1.82, 2.24) is 19.8 Å². The van der Waals surface area contributed by atoms with Crippen LogP contribution >= 0.6 is 11.3 Å². The van der Waals surface area contributed by atoms with Gasteiger partial charge in [-0.1, -0.05) is 0 Å². The summed E-state index contributed by atoms with van der Waals surface area (Å²) in [6, 6.07) is 1.81. The number of aromatic nitrogens is 2. The van der Waals surface area contributed by atoms with Crippen LogP contribution in [0.5, 0.6) is 0 Å². The Balaban J connectivity index is 1.47. The van der Waals surface area contributed by atoms with Crippen LogP contribution in [-0.4, -0.2) is 51.3 Å². The second-order valence-electron chi connectivity index (χ2n) is 6.26. The Hall–Kier alpha value is -2.15. The lowest BCUT2D eigenvalue weighted by Gasteiger charge is -2.17. The third-order valence-electron chi connectivity index (χ3n) is 4.31. The van der Waals surface area contributed by atoms with Gasteiger partial charge in [-0.25, -0.2) is 4.98 Å². The van der Waals surface area contributed by atoms with Crippen LogP contribution in [0.15, 0.2) is 17.6 Å². The van der Waals surface area contributed by atoms with E-state index < -0.39 is 0 Å². The van der Waals surface area contributed by atoms with Crippen molar-refractivity contribution in [2.45, 2.75) is 19.8 Å². The zero-order valence-electron chi connectivity index (χ0n) is 12.9. The summed E-state index contributed by atoms with van der Waals surface area (Å²) in [4.78, 5) is 35.5. The van der Waals surface area contributed by atoms with Gasteiger partial charge in [0, 0.05) is 23.7 Å². The molecule has 2 amide bonds. The number of hydrogen-bond acceptors (Lipinski definition) is 4. The van der Waals surface area contributed by atoms with Crippen molar-refractivity contribution < 1.29 is 9.59 Å². The summed E-state index contributed by atoms with van der Waals surface area (Å²) in [5, 5.41) is 2.97. The van der Waals surface area contributed by atoms with E-state index in [2.05, 4.69) is 9.97 Å². The van der Waals surface area contributed by atoms with E-state index in [1.165, 1.54) is 12.8 Å². The number of aromatic amines is 1. The number of carbonyl (C=O) groups is 2. The number of hydrogen-bond donors (Lipinski definition) is 1. The molecule has 0 radical (unpaired) electrons. The molecule has 0 aromatic carbocycles. The third-order valence-corrected chi connectivity index (χ3v) is 5.08. The molecular formula is C16H18N4O2S. The number of aryl methyl sites for hydroxylation is 1. The van der Waals surface area contributed by atoms with Gasteiger partial charge in [-0.15, -0.1) is 11.3 Å². The van der Waals surface area contributed by atoms with Gasteiger partial charge >= 0.3 is 0 Å². The van der Waals surface area contributed by atoms with Gasteiger partial charge in [-0.2, -0.15) is 0 Å². The highest BCUT2D eigenvalue weighted by atomic mass is 32.1. The highest BCUT2D eigenvalue weighted by Crippen LogP contribution is 2.31. The van der Waals surface area contributed by atoms with Crippen molar-refractivity contribution in [3.05, 3.63) is 28.3 Å². The van der Waals surface area contributed by atoms with Crippen molar-refractivity contribution in [3.8, 4) is 11.3 Å². The summed E-state index contributed by atoms with van der Waals surface area (Å²) in [5.74, 6) is 0.556. The number of H-pyrrole nitrogens is 1. The van der Waals surface area contributed by atoms with E-state index in [1.807, 2.05) is 18.4 Å². The maximum atomic E-state index is 12.6. The van der Waals surface area contributed by atoms with Crippen LogP contribution in [0, 0.1) is 12.8 Å². The molecule has 0 bridgehead atoms. The standard InChI is InChI=1S/C16H18N4O2S/c1-10-18-14(8-23-10)12-4-13(17-5-12)16(22)20-7-15(21)19(9-20)6-11-2-3-11/h4-5,8,11,17H,2-3,6-7,9H2,1H3. The van der Waals surface area contributed by atoms with Crippen LogP contribution in [0.2, 0.25) is 0 Å². The molecule has 2 aromatic heterocycles. The van der Waals surface area contributed by atoms with Gasteiger partial charge in [0.05, 0.1) is 17.4 Å². The maximum absolute atomic E-state index is 12.6.